The van der Waals surface area contributed by atoms with Crippen LogP contribution < -0.4 is 11.1 Å². The summed E-state index contributed by atoms with van der Waals surface area (Å²) in [6.07, 6.45) is -0.972. The van der Waals surface area contributed by atoms with Crippen LogP contribution in [0.2, 0.25) is 0 Å². The number of piperazine rings is 1. The Bertz CT molecular complexity index is 777. The van der Waals surface area contributed by atoms with Crippen LogP contribution in [-0.4, -0.2) is 67.7 Å². The molecular formula is C15H16ClN3O6. The highest BCUT2D eigenvalue weighted by Gasteiger charge is 2.73. The summed E-state index contributed by atoms with van der Waals surface area (Å²) < 4.78 is 15.8. The van der Waals surface area contributed by atoms with E-state index in [1.807, 2.05) is 0 Å². The summed E-state index contributed by atoms with van der Waals surface area (Å²) >= 11 is 6.06. The number of nitrogens with two attached hydrogens (primary N) is 1. The molecule has 3 heterocycles. The number of halogens is 1. The lowest BCUT2D eigenvalue weighted by molar-refractivity contribution is -0.137. The number of ketones is 2. The second-order valence-electron chi connectivity index (χ2n) is 6.27. The molecule has 134 valence electrons. The summed E-state index contributed by atoms with van der Waals surface area (Å²) in [5.41, 5.74) is 4.44. The van der Waals surface area contributed by atoms with Gasteiger partial charge in [0.2, 0.25) is 11.6 Å². The summed E-state index contributed by atoms with van der Waals surface area (Å²) in [7, 11) is 2.76. The molecule has 2 saturated heterocycles. The van der Waals surface area contributed by atoms with Crippen molar-refractivity contribution in [3.63, 3.8) is 0 Å². The molecule has 0 aromatic carbocycles. The van der Waals surface area contributed by atoms with Gasteiger partial charge >= 0.3 is 6.09 Å². The zero-order valence-electron chi connectivity index (χ0n) is 13.5. The predicted octanol–water partition coefficient (Wildman–Crippen LogP) is -0.787. The van der Waals surface area contributed by atoms with Crippen LogP contribution in [0, 0.1) is 5.92 Å². The second-order valence-corrected chi connectivity index (χ2v) is 6.65. The number of nitrogens with zero attached hydrogens (tertiary/aromatic N) is 1. The van der Waals surface area contributed by atoms with Crippen LogP contribution in [0.3, 0.4) is 0 Å². The van der Waals surface area contributed by atoms with E-state index in [0.29, 0.717) is 6.54 Å². The molecule has 4 aliphatic rings. The van der Waals surface area contributed by atoms with Crippen LogP contribution in [0.4, 0.5) is 4.79 Å². The first kappa shape index (κ1) is 16.4. The summed E-state index contributed by atoms with van der Waals surface area (Å²) in [6.45, 7) is 0.285. The number of Topliss-reactive ketones (excluding diaryl/α,β-unsaturated/α-hetero) is 2. The topological polar surface area (TPSA) is 130 Å². The lowest BCUT2D eigenvalue weighted by Gasteiger charge is -2.39. The molecule has 10 heteroatoms. The van der Waals surface area contributed by atoms with Crippen LogP contribution in [0.1, 0.15) is 0 Å². The fourth-order valence-electron chi connectivity index (χ4n) is 4.31. The van der Waals surface area contributed by atoms with Crippen molar-refractivity contribution in [2.24, 2.45) is 11.7 Å². The Labute approximate surface area is 147 Å². The van der Waals surface area contributed by atoms with Crippen LogP contribution in [0.5, 0.6) is 0 Å². The van der Waals surface area contributed by atoms with Gasteiger partial charge in [-0.05, 0) is 0 Å². The van der Waals surface area contributed by atoms with Gasteiger partial charge in [0.25, 0.3) is 0 Å². The number of primary amides is 1. The zero-order valence-corrected chi connectivity index (χ0v) is 14.3. The number of rotatable bonds is 4. The van der Waals surface area contributed by atoms with E-state index in [0.717, 1.165) is 0 Å². The molecule has 0 bridgehead atoms. The molecule has 2 fully saturated rings. The predicted molar refractivity (Wildman–Crippen MR) is 83.1 cm³/mol. The van der Waals surface area contributed by atoms with Crippen molar-refractivity contribution >= 4 is 29.3 Å². The SMILES string of the molecule is COC1=C(Cl)C(=O)C2=C(C1=O)[C@@H](COC(N)=O)[C@@]1(OC)[C@H]3N[C@H]3CN21. The van der Waals surface area contributed by atoms with E-state index in [-0.39, 0.29) is 40.8 Å². The minimum Gasteiger partial charge on any atom is -0.491 e. The molecule has 25 heavy (non-hydrogen) atoms. The zero-order chi connectivity index (χ0) is 18.1. The highest BCUT2D eigenvalue weighted by Crippen LogP contribution is 2.56. The number of hydrogen-bond donors (Lipinski definition) is 2. The van der Waals surface area contributed by atoms with Crippen LogP contribution in [-0.2, 0) is 23.8 Å². The molecule has 0 spiro atoms. The second kappa shape index (κ2) is 5.20. The molecule has 1 amide bonds. The quantitative estimate of drug-likeness (QED) is 0.487. The molecule has 4 rings (SSSR count). The maximum Gasteiger partial charge on any atom is 0.404 e. The third-order valence-electron chi connectivity index (χ3n) is 5.29. The Hall–Kier alpha value is -2.10. The lowest BCUT2D eigenvalue weighted by Crippen LogP contribution is -2.55. The summed E-state index contributed by atoms with van der Waals surface area (Å²) in [4.78, 5) is 38.6. The van der Waals surface area contributed by atoms with E-state index < -0.39 is 29.3 Å². The number of fused-ring (bicyclic) bond motifs is 4. The normalized spacial score (nSPS) is 35.6. The molecule has 1 aliphatic carbocycles. The van der Waals surface area contributed by atoms with Gasteiger partial charge in [-0.3, -0.25) is 9.59 Å². The van der Waals surface area contributed by atoms with Gasteiger partial charge < -0.3 is 30.2 Å². The Morgan fingerprint density at radius 2 is 2.12 bits per heavy atom. The standard InChI is InChI=1S/C15H16ClN3O6/c1-23-12-8(16)11(21)9-7(10(12)20)5(4-25-14(17)22)15(24-2)13-6(18-13)3-19(9)15/h5-6,13,18H,3-4H2,1-2H3,(H2,17,22)/t5-,6+,13+,15-/m1/s1. The first-order valence-corrected chi connectivity index (χ1v) is 8.04. The molecule has 4 atom stereocenters. The maximum atomic E-state index is 12.9. The Morgan fingerprint density at radius 3 is 2.72 bits per heavy atom. The molecule has 0 aromatic rings. The average molecular weight is 370 g/mol. The van der Waals surface area contributed by atoms with Crippen LogP contribution in [0.15, 0.2) is 22.1 Å². The molecule has 3 N–H and O–H groups in total. The van der Waals surface area contributed by atoms with Gasteiger partial charge in [0.1, 0.15) is 11.6 Å². The van der Waals surface area contributed by atoms with E-state index in [2.05, 4.69) is 5.32 Å². The third kappa shape index (κ3) is 1.88. The highest BCUT2D eigenvalue weighted by atomic mass is 35.5. The van der Waals surface area contributed by atoms with Gasteiger partial charge in [-0.2, -0.15) is 0 Å². The Balaban J connectivity index is 1.84. The Kier molecular flexibility index (Phi) is 3.40. The fraction of sp³-hybridized carbons (Fsp3) is 0.533. The van der Waals surface area contributed by atoms with E-state index in [4.69, 9.17) is 31.5 Å². The minimum absolute atomic E-state index is 0.102. The van der Waals surface area contributed by atoms with Gasteiger partial charge in [-0.1, -0.05) is 11.6 Å². The van der Waals surface area contributed by atoms with Gasteiger partial charge in [0.15, 0.2) is 11.5 Å². The van der Waals surface area contributed by atoms with Gasteiger partial charge in [-0.15, -0.1) is 0 Å². The van der Waals surface area contributed by atoms with Gasteiger partial charge in [-0.25, -0.2) is 4.79 Å². The largest absolute Gasteiger partial charge is 0.491 e. The van der Waals surface area contributed by atoms with Crippen molar-refractivity contribution in [1.82, 2.24) is 10.2 Å². The maximum absolute atomic E-state index is 12.9. The number of ether oxygens (including phenoxy) is 3. The van der Waals surface area contributed by atoms with Crippen molar-refractivity contribution in [3.05, 3.63) is 22.1 Å². The number of hydrogen-bond acceptors (Lipinski definition) is 8. The van der Waals surface area contributed by atoms with Crippen molar-refractivity contribution in [2.75, 3.05) is 27.4 Å². The van der Waals surface area contributed by atoms with Crippen molar-refractivity contribution in [1.29, 1.82) is 0 Å². The fourth-order valence-corrected chi connectivity index (χ4v) is 4.56. The summed E-state index contributed by atoms with van der Waals surface area (Å²) in [6, 6.07) is 0.0227. The average Bonchev–Trinajstić information content (AvgIpc) is 3.18. The number of carbonyl (C=O) groups is 3. The first-order valence-electron chi connectivity index (χ1n) is 7.66. The van der Waals surface area contributed by atoms with E-state index in [1.165, 1.54) is 14.2 Å². The number of nitrogens with one attached hydrogen (secondary N) is 1. The molecule has 0 unspecified atom stereocenters. The number of amides is 1. The molecule has 3 aliphatic heterocycles. The summed E-state index contributed by atoms with van der Waals surface area (Å²) in [5.74, 6) is -1.93. The highest BCUT2D eigenvalue weighted by molar-refractivity contribution is 6.49. The van der Waals surface area contributed by atoms with Gasteiger partial charge in [0.05, 0.1) is 24.8 Å². The number of allylic oxidation sites excluding steroid dienone is 2. The Morgan fingerprint density at radius 1 is 1.40 bits per heavy atom. The number of carbonyl (C=O) groups excluding carboxylic acids is 3. The van der Waals surface area contributed by atoms with E-state index in [1.54, 1.807) is 4.90 Å². The first-order chi connectivity index (χ1) is 11.9. The molecule has 9 nitrogen and oxygen atoms in total. The van der Waals surface area contributed by atoms with Gasteiger partial charge in [0, 0.05) is 25.3 Å². The van der Waals surface area contributed by atoms with Crippen LogP contribution in [0.25, 0.3) is 0 Å². The third-order valence-corrected chi connectivity index (χ3v) is 5.64. The van der Waals surface area contributed by atoms with E-state index in [9.17, 15) is 14.4 Å². The summed E-state index contributed by atoms with van der Waals surface area (Å²) in [5, 5.41) is 3.00. The lowest BCUT2D eigenvalue weighted by atomic mass is 9.84. The van der Waals surface area contributed by atoms with E-state index >= 15 is 0 Å². The molecule has 0 radical (unpaired) electrons. The van der Waals surface area contributed by atoms with Crippen molar-refractivity contribution < 1.29 is 28.6 Å². The molecular weight excluding hydrogens is 354 g/mol. The monoisotopic (exact) mass is 369 g/mol. The smallest absolute Gasteiger partial charge is 0.404 e. The molecule has 0 aromatic heterocycles. The van der Waals surface area contributed by atoms with Crippen molar-refractivity contribution in [2.45, 2.75) is 17.8 Å². The van der Waals surface area contributed by atoms with Crippen LogP contribution >= 0.6 is 11.6 Å². The number of methoxy groups -OCH3 is 2. The van der Waals surface area contributed by atoms with Crippen molar-refractivity contribution in [3.8, 4) is 0 Å². The minimum atomic E-state index is -1.02. The molecule has 0 saturated carbocycles.